The van der Waals surface area contributed by atoms with Crippen molar-refractivity contribution in [3.05, 3.63) is 62.6 Å². The van der Waals surface area contributed by atoms with Gasteiger partial charge in [-0.05, 0) is 31.2 Å². The highest BCUT2D eigenvalue weighted by Gasteiger charge is 2.24. The van der Waals surface area contributed by atoms with Gasteiger partial charge in [-0.15, -0.1) is 0 Å². The molecule has 6 heteroatoms. The number of amides is 1. The standard InChI is InChI=1S/C18H18BrNO4/c1-12-10-16(11-17(21)23-12)24-15-6-8-20(9-7-15)18(22)13-2-4-14(19)5-3-13/h2-5,10-11,15H,6-9H2,1H3. The highest BCUT2D eigenvalue weighted by molar-refractivity contribution is 9.10. The molecule has 1 saturated heterocycles. The Morgan fingerprint density at radius 1 is 1.21 bits per heavy atom. The number of piperidine rings is 1. The zero-order valence-corrected chi connectivity index (χ0v) is 14.9. The molecule has 1 aliphatic heterocycles. The molecule has 1 aromatic heterocycles. The second kappa shape index (κ2) is 7.21. The third-order valence-corrected chi connectivity index (χ3v) is 4.52. The van der Waals surface area contributed by atoms with Crippen LogP contribution < -0.4 is 10.4 Å². The predicted molar refractivity (Wildman–Crippen MR) is 93.4 cm³/mol. The van der Waals surface area contributed by atoms with Gasteiger partial charge in [0.05, 0.1) is 6.07 Å². The van der Waals surface area contributed by atoms with Crippen LogP contribution in [0.3, 0.4) is 0 Å². The number of carbonyl (C=O) groups is 1. The van der Waals surface area contributed by atoms with E-state index in [0.29, 0.717) is 30.2 Å². The molecular formula is C18H18BrNO4. The van der Waals surface area contributed by atoms with Crippen LogP contribution in [0.25, 0.3) is 0 Å². The van der Waals surface area contributed by atoms with Gasteiger partial charge < -0.3 is 14.1 Å². The van der Waals surface area contributed by atoms with Gasteiger partial charge in [0, 0.05) is 42.0 Å². The third kappa shape index (κ3) is 4.06. The van der Waals surface area contributed by atoms with E-state index >= 15 is 0 Å². The van der Waals surface area contributed by atoms with Crippen LogP contribution in [0.1, 0.15) is 29.0 Å². The highest BCUT2D eigenvalue weighted by atomic mass is 79.9. The summed E-state index contributed by atoms with van der Waals surface area (Å²) in [4.78, 5) is 25.7. The second-order valence-electron chi connectivity index (χ2n) is 5.84. The first-order chi connectivity index (χ1) is 11.5. The van der Waals surface area contributed by atoms with Crippen LogP contribution in [0.5, 0.6) is 5.75 Å². The summed E-state index contributed by atoms with van der Waals surface area (Å²) < 4.78 is 11.7. The first-order valence-electron chi connectivity index (χ1n) is 7.84. The number of nitrogens with zero attached hydrogens (tertiary/aromatic N) is 1. The maximum atomic E-state index is 12.5. The zero-order valence-electron chi connectivity index (χ0n) is 13.3. The number of hydrogen-bond acceptors (Lipinski definition) is 4. The number of rotatable bonds is 3. The predicted octanol–water partition coefficient (Wildman–Crippen LogP) is 3.39. The van der Waals surface area contributed by atoms with Gasteiger partial charge in [-0.1, -0.05) is 15.9 Å². The molecule has 0 spiro atoms. The summed E-state index contributed by atoms with van der Waals surface area (Å²) in [5.74, 6) is 1.10. The summed E-state index contributed by atoms with van der Waals surface area (Å²) in [6.45, 7) is 2.99. The van der Waals surface area contributed by atoms with Gasteiger partial charge in [0.1, 0.15) is 17.6 Å². The van der Waals surface area contributed by atoms with Gasteiger partial charge >= 0.3 is 5.63 Å². The van der Waals surface area contributed by atoms with Crippen LogP contribution in [0.2, 0.25) is 0 Å². The molecule has 1 amide bonds. The van der Waals surface area contributed by atoms with Crippen molar-refractivity contribution in [3.63, 3.8) is 0 Å². The largest absolute Gasteiger partial charge is 0.490 e. The molecule has 1 fully saturated rings. The Hall–Kier alpha value is -2.08. The Morgan fingerprint density at radius 2 is 1.88 bits per heavy atom. The van der Waals surface area contributed by atoms with Crippen molar-refractivity contribution in [3.8, 4) is 5.75 Å². The minimum atomic E-state index is -0.409. The van der Waals surface area contributed by atoms with Gasteiger partial charge in [0.2, 0.25) is 0 Å². The monoisotopic (exact) mass is 391 g/mol. The third-order valence-electron chi connectivity index (χ3n) is 3.99. The van der Waals surface area contributed by atoms with E-state index < -0.39 is 5.63 Å². The van der Waals surface area contributed by atoms with Crippen LogP contribution in [0.4, 0.5) is 0 Å². The fourth-order valence-corrected chi connectivity index (χ4v) is 3.05. The Labute approximate surface area is 148 Å². The Balaban J connectivity index is 1.58. The molecule has 3 rings (SSSR count). The van der Waals surface area contributed by atoms with Gasteiger partial charge in [-0.25, -0.2) is 4.79 Å². The molecule has 1 aliphatic rings. The van der Waals surface area contributed by atoms with E-state index in [1.807, 2.05) is 29.2 Å². The number of aryl methyl sites for hydroxylation is 1. The molecule has 0 unspecified atom stereocenters. The van der Waals surface area contributed by atoms with Crippen molar-refractivity contribution in [2.24, 2.45) is 0 Å². The molecule has 24 heavy (non-hydrogen) atoms. The SMILES string of the molecule is Cc1cc(OC2CCN(C(=O)c3ccc(Br)cc3)CC2)cc(=O)o1. The average molecular weight is 392 g/mol. The molecule has 0 bridgehead atoms. The van der Waals surface area contributed by atoms with E-state index in [2.05, 4.69) is 15.9 Å². The molecule has 5 nitrogen and oxygen atoms in total. The van der Waals surface area contributed by atoms with E-state index in [-0.39, 0.29) is 12.0 Å². The first-order valence-corrected chi connectivity index (χ1v) is 8.64. The summed E-state index contributed by atoms with van der Waals surface area (Å²) in [7, 11) is 0. The number of likely N-dealkylation sites (tertiary alicyclic amines) is 1. The highest BCUT2D eigenvalue weighted by Crippen LogP contribution is 2.20. The summed E-state index contributed by atoms with van der Waals surface area (Å²) in [5.41, 5.74) is 0.279. The number of benzene rings is 1. The van der Waals surface area contributed by atoms with Gasteiger partial charge in [-0.3, -0.25) is 4.79 Å². The zero-order chi connectivity index (χ0) is 17.1. The molecule has 1 aromatic carbocycles. The lowest BCUT2D eigenvalue weighted by molar-refractivity contribution is 0.0594. The van der Waals surface area contributed by atoms with E-state index in [9.17, 15) is 9.59 Å². The van der Waals surface area contributed by atoms with Gasteiger partial charge in [0.25, 0.3) is 5.91 Å². The fourth-order valence-electron chi connectivity index (χ4n) is 2.79. The molecule has 0 radical (unpaired) electrons. The van der Waals surface area contributed by atoms with Gasteiger partial charge in [-0.2, -0.15) is 0 Å². The number of ether oxygens (including phenoxy) is 1. The van der Waals surface area contributed by atoms with Crippen LogP contribution >= 0.6 is 15.9 Å². The van der Waals surface area contributed by atoms with Crippen LogP contribution in [0, 0.1) is 6.92 Å². The lowest BCUT2D eigenvalue weighted by Gasteiger charge is -2.32. The summed E-state index contributed by atoms with van der Waals surface area (Å²) in [5, 5.41) is 0. The quantitative estimate of drug-likeness (QED) is 0.804. The number of carbonyl (C=O) groups excluding carboxylic acids is 1. The van der Waals surface area contributed by atoms with Crippen molar-refractivity contribution in [1.82, 2.24) is 4.90 Å². The maximum absolute atomic E-state index is 12.5. The maximum Gasteiger partial charge on any atom is 0.339 e. The minimum absolute atomic E-state index is 0.000155. The molecule has 0 atom stereocenters. The molecule has 126 valence electrons. The fraction of sp³-hybridized carbons (Fsp3) is 0.333. The number of halogens is 1. The summed E-state index contributed by atoms with van der Waals surface area (Å²) in [6, 6.07) is 10.4. The van der Waals surface area contributed by atoms with Crippen molar-refractivity contribution in [2.45, 2.75) is 25.9 Å². The lowest BCUT2D eigenvalue weighted by atomic mass is 10.1. The van der Waals surface area contributed by atoms with Crippen molar-refractivity contribution in [2.75, 3.05) is 13.1 Å². The van der Waals surface area contributed by atoms with Crippen molar-refractivity contribution < 1.29 is 13.9 Å². The Morgan fingerprint density at radius 3 is 2.50 bits per heavy atom. The van der Waals surface area contributed by atoms with Crippen LogP contribution in [-0.2, 0) is 0 Å². The van der Waals surface area contributed by atoms with Crippen molar-refractivity contribution >= 4 is 21.8 Å². The van der Waals surface area contributed by atoms with Gasteiger partial charge in [0.15, 0.2) is 0 Å². The second-order valence-corrected chi connectivity index (χ2v) is 6.75. The van der Waals surface area contributed by atoms with Crippen molar-refractivity contribution in [1.29, 1.82) is 0 Å². The molecule has 0 N–H and O–H groups in total. The normalized spacial score (nSPS) is 15.3. The van der Waals surface area contributed by atoms with E-state index in [1.165, 1.54) is 6.07 Å². The molecular weight excluding hydrogens is 374 g/mol. The average Bonchev–Trinajstić information content (AvgIpc) is 2.55. The van der Waals surface area contributed by atoms with E-state index in [1.54, 1.807) is 13.0 Å². The molecule has 0 saturated carbocycles. The van der Waals surface area contributed by atoms with E-state index in [4.69, 9.17) is 9.15 Å². The first kappa shape index (κ1) is 16.8. The smallest absolute Gasteiger partial charge is 0.339 e. The Bertz CT molecular complexity index is 776. The number of hydrogen-bond donors (Lipinski definition) is 0. The Kier molecular flexibility index (Phi) is 5.04. The topological polar surface area (TPSA) is 59.8 Å². The van der Waals surface area contributed by atoms with Crippen LogP contribution in [-0.4, -0.2) is 30.0 Å². The lowest BCUT2D eigenvalue weighted by Crippen LogP contribution is -2.41. The van der Waals surface area contributed by atoms with Crippen LogP contribution in [0.15, 0.2) is 50.1 Å². The minimum Gasteiger partial charge on any atom is -0.490 e. The molecule has 0 aliphatic carbocycles. The molecule has 2 aromatic rings. The van der Waals surface area contributed by atoms with E-state index in [0.717, 1.165) is 17.3 Å². The summed E-state index contributed by atoms with van der Waals surface area (Å²) in [6.07, 6.45) is 1.48. The molecule has 2 heterocycles. The summed E-state index contributed by atoms with van der Waals surface area (Å²) >= 11 is 3.37.